The van der Waals surface area contributed by atoms with Crippen LogP contribution in [-0.2, 0) is 0 Å². The predicted molar refractivity (Wildman–Crippen MR) is 124 cm³/mol. The van der Waals surface area contributed by atoms with Gasteiger partial charge >= 0.3 is 12.1 Å². The van der Waals surface area contributed by atoms with Crippen LogP contribution in [0.1, 0.15) is 34.6 Å². The minimum Gasteiger partial charge on any atom is -0.483 e. The number of alkyl halides is 3. The fourth-order valence-electron chi connectivity index (χ4n) is 2.75. The normalized spacial score (nSPS) is 10.8. The second kappa shape index (κ2) is 12.0. The molecule has 2 aromatic carbocycles. The van der Waals surface area contributed by atoms with E-state index in [1.807, 2.05) is 13.8 Å². The van der Waals surface area contributed by atoms with E-state index < -0.39 is 64.4 Å². The summed E-state index contributed by atoms with van der Waals surface area (Å²) in [4.78, 5) is 27.8. The molecule has 192 valence electrons. The molecule has 0 aliphatic heterocycles. The van der Waals surface area contributed by atoms with E-state index in [4.69, 9.17) is 27.9 Å². The van der Waals surface area contributed by atoms with E-state index >= 15 is 0 Å². The number of pyridine rings is 1. The van der Waals surface area contributed by atoms with Crippen LogP contribution in [0, 0.1) is 11.6 Å². The highest BCUT2D eigenvalue weighted by molar-refractivity contribution is 6.34. The number of carbonyl (C=O) groups excluding carboxylic acids is 1. The third kappa shape index (κ3) is 7.05. The molecule has 0 atom stereocenters. The van der Waals surface area contributed by atoms with Crippen LogP contribution in [0.5, 0.6) is 5.75 Å². The summed E-state index contributed by atoms with van der Waals surface area (Å²) in [5.41, 5.74) is -2.42. The van der Waals surface area contributed by atoms with E-state index in [0.717, 1.165) is 24.4 Å². The Labute approximate surface area is 211 Å². The van der Waals surface area contributed by atoms with Crippen molar-refractivity contribution in [3.63, 3.8) is 0 Å². The Morgan fingerprint density at radius 3 is 2.28 bits per heavy atom. The lowest BCUT2D eigenvalue weighted by atomic mass is 10.0. The first-order valence-corrected chi connectivity index (χ1v) is 10.8. The van der Waals surface area contributed by atoms with Crippen LogP contribution in [-0.4, -0.2) is 34.8 Å². The van der Waals surface area contributed by atoms with Crippen molar-refractivity contribution in [1.29, 1.82) is 0 Å². The fraction of sp³-hybridized carbons (Fsp3) is 0.174. The molecule has 0 saturated heterocycles. The van der Waals surface area contributed by atoms with Crippen LogP contribution in [0.4, 0.5) is 27.6 Å². The molecule has 1 amide bonds. The van der Waals surface area contributed by atoms with Crippen molar-refractivity contribution in [3.05, 3.63) is 75.4 Å². The highest BCUT2D eigenvalue weighted by Crippen LogP contribution is 2.33. The molecular formula is C23H17Cl2F5N2O4. The summed E-state index contributed by atoms with van der Waals surface area (Å²) in [6.45, 7) is 2.16. The number of carboxylic acid groups (broad SMARTS) is 1. The lowest BCUT2D eigenvalue weighted by Gasteiger charge is -2.16. The molecule has 1 heterocycles. The Bertz CT molecular complexity index is 1270. The Balaban J connectivity index is 0.00000222. The molecule has 0 radical (unpaired) electrons. The Morgan fingerprint density at radius 2 is 1.69 bits per heavy atom. The van der Waals surface area contributed by atoms with Crippen molar-refractivity contribution < 1.29 is 41.4 Å². The summed E-state index contributed by atoms with van der Waals surface area (Å²) >= 11 is 11.6. The first-order valence-electron chi connectivity index (χ1n) is 10.0. The van der Waals surface area contributed by atoms with Crippen LogP contribution in [0.25, 0.3) is 11.3 Å². The average molecular weight is 551 g/mol. The maximum atomic E-state index is 14.9. The van der Waals surface area contributed by atoms with Gasteiger partial charge in [0.25, 0.3) is 5.91 Å². The Morgan fingerprint density at radius 1 is 1.03 bits per heavy atom. The van der Waals surface area contributed by atoms with Crippen LogP contribution in [0.2, 0.25) is 10.0 Å². The molecule has 6 nitrogen and oxygen atoms in total. The maximum Gasteiger partial charge on any atom is 0.422 e. The topological polar surface area (TPSA) is 88.5 Å². The SMILES string of the molecule is CC.O=C(O)c1cc(-c2cc(OCC(F)(F)F)c(C(=O)Nc3c(F)cccc3Cl)cc2F)ncc1Cl. The Kier molecular flexibility index (Phi) is 9.60. The minimum absolute atomic E-state index is 0.213. The van der Waals surface area contributed by atoms with Gasteiger partial charge in [-0.2, -0.15) is 13.2 Å². The average Bonchev–Trinajstić information content (AvgIpc) is 2.81. The monoisotopic (exact) mass is 550 g/mol. The fourth-order valence-corrected chi connectivity index (χ4v) is 3.15. The molecule has 36 heavy (non-hydrogen) atoms. The summed E-state index contributed by atoms with van der Waals surface area (Å²) in [7, 11) is 0. The van der Waals surface area contributed by atoms with Crippen LogP contribution >= 0.6 is 23.2 Å². The third-order valence-electron chi connectivity index (χ3n) is 4.27. The zero-order valence-corrected chi connectivity index (χ0v) is 20.0. The molecule has 3 aromatic rings. The van der Waals surface area contributed by atoms with E-state index in [2.05, 4.69) is 10.3 Å². The number of rotatable bonds is 6. The number of para-hydroxylation sites is 1. The van der Waals surface area contributed by atoms with E-state index in [0.29, 0.717) is 6.07 Å². The Hall–Kier alpha value is -3.44. The smallest absolute Gasteiger partial charge is 0.422 e. The van der Waals surface area contributed by atoms with Gasteiger partial charge in [0, 0.05) is 11.8 Å². The summed E-state index contributed by atoms with van der Waals surface area (Å²) in [5, 5.41) is 10.8. The summed E-state index contributed by atoms with van der Waals surface area (Å²) < 4.78 is 71.9. The van der Waals surface area contributed by atoms with Crippen molar-refractivity contribution >= 4 is 40.8 Å². The number of carbonyl (C=O) groups is 2. The molecule has 13 heteroatoms. The highest BCUT2D eigenvalue weighted by atomic mass is 35.5. The zero-order valence-electron chi connectivity index (χ0n) is 18.5. The molecule has 0 fully saturated rings. The van der Waals surface area contributed by atoms with Gasteiger partial charge in [-0.3, -0.25) is 9.78 Å². The van der Waals surface area contributed by atoms with Crippen LogP contribution in [0.3, 0.4) is 0 Å². The molecule has 0 bridgehead atoms. The lowest BCUT2D eigenvalue weighted by molar-refractivity contribution is -0.153. The molecule has 0 spiro atoms. The van der Waals surface area contributed by atoms with E-state index in [-0.39, 0.29) is 15.7 Å². The molecule has 0 saturated carbocycles. The van der Waals surface area contributed by atoms with Gasteiger partial charge in [-0.25, -0.2) is 13.6 Å². The van der Waals surface area contributed by atoms with Gasteiger partial charge in [0.2, 0.25) is 0 Å². The molecular weight excluding hydrogens is 534 g/mol. The first-order chi connectivity index (χ1) is 16.9. The zero-order chi connectivity index (χ0) is 27.2. The number of amides is 1. The van der Waals surface area contributed by atoms with Crippen LogP contribution in [0.15, 0.2) is 42.6 Å². The number of aromatic carboxylic acids is 1. The van der Waals surface area contributed by atoms with Gasteiger partial charge in [-0.1, -0.05) is 43.1 Å². The molecule has 3 rings (SSSR count). The van der Waals surface area contributed by atoms with Crippen molar-refractivity contribution in [2.24, 2.45) is 0 Å². The quantitative estimate of drug-likeness (QED) is 0.315. The number of ether oxygens (including phenoxy) is 1. The molecule has 2 N–H and O–H groups in total. The van der Waals surface area contributed by atoms with Crippen molar-refractivity contribution in [3.8, 4) is 17.0 Å². The number of hydrogen-bond donors (Lipinski definition) is 2. The van der Waals surface area contributed by atoms with E-state index in [1.54, 1.807) is 0 Å². The van der Waals surface area contributed by atoms with Gasteiger partial charge in [0.15, 0.2) is 6.61 Å². The predicted octanol–water partition coefficient (Wildman–Crippen LogP) is 7.25. The highest BCUT2D eigenvalue weighted by Gasteiger charge is 2.30. The number of aromatic nitrogens is 1. The standard InChI is InChI=1S/C21H11Cl2F5N2O4.C2H6/c22-12-2-1-3-14(24)18(12)30-19(31)11-4-15(25)10(6-17(11)34-8-21(26,27)28)16-5-9(20(32)33)13(23)7-29-16;1-2/h1-7H,8H2,(H,30,31)(H,32,33);1-2H3. The van der Waals surface area contributed by atoms with E-state index in [1.165, 1.54) is 12.1 Å². The second-order valence-electron chi connectivity index (χ2n) is 6.64. The van der Waals surface area contributed by atoms with Gasteiger partial charge in [-0.05, 0) is 30.3 Å². The van der Waals surface area contributed by atoms with Gasteiger partial charge < -0.3 is 15.2 Å². The van der Waals surface area contributed by atoms with Crippen molar-refractivity contribution in [2.75, 3.05) is 11.9 Å². The van der Waals surface area contributed by atoms with E-state index in [9.17, 15) is 36.6 Å². The van der Waals surface area contributed by atoms with Gasteiger partial charge in [-0.15, -0.1) is 0 Å². The number of anilines is 1. The van der Waals surface area contributed by atoms with Crippen LogP contribution < -0.4 is 10.1 Å². The summed E-state index contributed by atoms with van der Waals surface area (Å²) in [5.74, 6) is -5.50. The molecule has 0 aliphatic carbocycles. The largest absolute Gasteiger partial charge is 0.483 e. The second-order valence-corrected chi connectivity index (χ2v) is 7.45. The van der Waals surface area contributed by atoms with Crippen molar-refractivity contribution in [2.45, 2.75) is 20.0 Å². The van der Waals surface area contributed by atoms with Gasteiger partial charge in [0.05, 0.1) is 32.6 Å². The lowest BCUT2D eigenvalue weighted by Crippen LogP contribution is -2.22. The molecule has 0 unspecified atom stereocenters. The minimum atomic E-state index is -4.81. The number of halogens is 7. The number of nitrogens with one attached hydrogen (secondary N) is 1. The van der Waals surface area contributed by atoms with Crippen molar-refractivity contribution in [1.82, 2.24) is 4.98 Å². The maximum absolute atomic E-state index is 14.9. The third-order valence-corrected chi connectivity index (χ3v) is 4.88. The number of hydrogen-bond acceptors (Lipinski definition) is 4. The number of nitrogens with zero attached hydrogens (tertiary/aromatic N) is 1. The molecule has 0 aliphatic rings. The summed E-state index contributed by atoms with van der Waals surface area (Å²) in [6, 6.07) is 5.65. The summed E-state index contributed by atoms with van der Waals surface area (Å²) in [6.07, 6.45) is -3.90. The number of benzene rings is 2. The van der Waals surface area contributed by atoms with Gasteiger partial charge in [0.1, 0.15) is 17.4 Å². The number of carboxylic acids is 1. The first kappa shape index (κ1) is 28.8. The molecule has 1 aromatic heterocycles.